The number of ether oxygens (including phenoxy) is 1. The Hall–Kier alpha value is -3.16. The molecular weight excluding hydrogens is 408 g/mol. The second-order valence-corrected chi connectivity index (χ2v) is 8.55. The van der Waals surface area contributed by atoms with Crippen LogP contribution in [0.3, 0.4) is 0 Å². The Bertz CT molecular complexity index is 948. The van der Waals surface area contributed by atoms with Crippen molar-refractivity contribution in [2.45, 2.75) is 54.0 Å². The molecule has 0 atom stereocenters. The molecule has 0 radical (unpaired) electrons. The van der Waals surface area contributed by atoms with Crippen molar-refractivity contribution in [2.24, 2.45) is 5.92 Å². The molecule has 0 bridgehead atoms. The number of nitrogens with one attached hydrogen (secondary N) is 1. The van der Waals surface area contributed by atoms with Crippen LogP contribution in [-0.4, -0.2) is 52.7 Å². The van der Waals surface area contributed by atoms with Crippen molar-refractivity contribution < 1.29 is 19.1 Å². The molecule has 0 saturated carbocycles. The number of hydrogen-bond acceptors (Lipinski definition) is 5. The number of hydrogen-bond donors (Lipinski definition) is 1. The maximum Gasteiger partial charge on any atom is 0.306 e. The summed E-state index contributed by atoms with van der Waals surface area (Å²) < 4.78 is 7.09. The van der Waals surface area contributed by atoms with Crippen LogP contribution in [0.25, 0.3) is 0 Å². The number of aromatic nitrogens is 2. The standard InChI is InChI=1S/C24H34N4O4/c1-16(2)13-28-19(5)21(18(4)26-28)11-12-24(31)32-15-23(30)27(6)14-22(29)25-20-9-7-17(3)8-10-20/h7-10,16H,11-15H2,1-6H3,(H,25,29). The summed E-state index contributed by atoms with van der Waals surface area (Å²) >= 11 is 0. The van der Waals surface area contributed by atoms with Crippen molar-refractivity contribution in [3.8, 4) is 0 Å². The fourth-order valence-corrected chi connectivity index (χ4v) is 3.31. The fraction of sp³-hybridized carbons (Fsp3) is 0.500. The number of likely N-dealkylation sites (N-methyl/N-ethyl adjacent to an activating group) is 1. The summed E-state index contributed by atoms with van der Waals surface area (Å²) in [5.74, 6) is -0.728. The zero-order valence-electron chi connectivity index (χ0n) is 19.9. The molecule has 2 aromatic rings. The Labute approximate surface area is 189 Å². The van der Waals surface area contributed by atoms with Gasteiger partial charge in [0.25, 0.3) is 5.91 Å². The molecule has 8 heteroatoms. The Morgan fingerprint density at radius 2 is 1.78 bits per heavy atom. The Morgan fingerprint density at radius 3 is 2.41 bits per heavy atom. The first kappa shape index (κ1) is 25.1. The number of benzene rings is 1. The number of amides is 2. The molecule has 1 aromatic carbocycles. The molecule has 0 aliphatic heterocycles. The van der Waals surface area contributed by atoms with Crippen molar-refractivity contribution in [3.63, 3.8) is 0 Å². The minimum Gasteiger partial charge on any atom is -0.456 e. The first-order valence-electron chi connectivity index (χ1n) is 10.9. The maximum absolute atomic E-state index is 12.2. The maximum atomic E-state index is 12.2. The van der Waals surface area contributed by atoms with E-state index in [1.807, 2.05) is 37.6 Å². The summed E-state index contributed by atoms with van der Waals surface area (Å²) in [6, 6.07) is 7.38. The first-order chi connectivity index (χ1) is 15.1. The van der Waals surface area contributed by atoms with Crippen LogP contribution in [0.5, 0.6) is 0 Å². The highest BCUT2D eigenvalue weighted by Gasteiger charge is 2.17. The summed E-state index contributed by atoms with van der Waals surface area (Å²) in [6.45, 7) is 10.5. The van der Waals surface area contributed by atoms with Crippen LogP contribution in [0.15, 0.2) is 24.3 Å². The summed E-state index contributed by atoms with van der Waals surface area (Å²) in [5.41, 5.74) is 4.76. The van der Waals surface area contributed by atoms with Gasteiger partial charge in [0.05, 0.1) is 12.2 Å². The zero-order chi connectivity index (χ0) is 23.8. The van der Waals surface area contributed by atoms with E-state index in [2.05, 4.69) is 24.3 Å². The second kappa shape index (κ2) is 11.5. The van der Waals surface area contributed by atoms with Gasteiger partial charge in [0.2, 0.25) is 5.91 Å². The van der Waals surface area contributed by atoms with E-state index in [9.17, 15) is 14.4 Å². The van der Waals surface area contributed by atoms with Gasteiger partial charge in [-0.1, -0.05) is 31.5 Å². The third-order valence-electron chi connectivity index (χ3n) is 5.15. The van der Waals surface area contributed by atoms with Gasteiger partial charge in [0, 0.05) is 31.4 Å². The molecular formula is C24H34N4O4. The molecule has 0 unspecified atom stereocenters. The van der Waals surface area contributed by atoms with Crippen LogP contribution in [-0.2, 0) is 32.1 Å². The van der Waals surface area contributed by atoms with E-state index >= 15 is 0 Å². The Kier molecular flexibility index (Phi) is 8.99. The molecule has 0 aliphatic rings. The quantitative estimate of drug-likeness (QED) is 0.571. The van der Waals surface area contributed by atoms with E-state index in [0.29, 0.717) is 18.0 Å². The molecule has 1 aromatic heterocycles. The molecule has 0 aliphatic carbocycles. The summed E-state index contributed by atoms with van der Waals surface area (Å²) in [4.78, 5) is 37.7. The SMILES string of the molecule is Cc1ccc(NC(=O)CN(C)C(=O)COC(=O)CCc2c(C)nn(CC(C)C)c2C)cc1. The number of nitrogens with zero attached hydrogens (tertiary/aromatic N) is 3. The summed E-state index contributed by atoms with van der Waals surface area (Å²) in [5, 5.41) is 7.29. The van der Waals surface area contributed by atoms with E-state index in [1.165, 1.54) is 11.9 Å². The highest BCUT2D eigenvalue weighted by molar-refractivity contribution is 5.94. The molecule has 1 N–H and O–H groups in total. The van der Waals surface area contributed by atoms with Crippen LogP contribution in [0.4, 0.5) is 5.69 Å². The number of aryl methyl sites for hydroxylation is 2. The lowest BCUT2D eigenvalue weighted by Gasteiger charge is -2.17. The van der Waals surface area contributed by atoms with Gasteiger partial charge in [-0.25, -0.2) is 0 Å². The van der Waals surface area contributed by atoms with Gasteiger partial charge in [0.15, 0.2) is 6.61 Å². The van der Waals surface area contributed by atoms with Crippen LogP contribution < -0.4 is 5.32 Å². The average Bonchev–Trinajstić information content (AvgIpc) is 2.98. The van der Waals surface area contributed by atoms with Crippen LogP contribution in [0.1, 0.15) is 42.8 Å². The molecule has 32 heavy (non-hydrogen) atoms. The minimum absolute atomic E-state index is 0.127. The molecule has 0 fully saturated rings. The highest BCUT2D eigenvalue weighted by Crippen LogP contribution is 2.17. The van der Waals surface area contributed by atoms with Crippen molar-refractivity contribution in [1.29, 1.82) is 0 Å². The van der Waals surface area contributed by atoms with Gasteiger partial charge in [-0.3, -0.25) is 19.1 Å². The summed E-state index contributed by atoms with van der Waals surface area (Å²) in [6.07, 6.45) is 0.678. The van der Waals surface area contributed by atoms with Gasteiger partial charge in [-0.05, 0) is 50.8 Å². The van der Waals surface area contributed by atoms with E-state index in [0.717, 1.165) is 29.1 Å². The molecule has 174 valence electrons. The summed E-state index contributed by atoms with van der Waals surface area (Å²) in [7, 11) is 1.50. The Balaban J connectivity index is 1.76. The largest absolute Gasteiger partial charge is 0.456 e. The highest BCUT2D eigenvalue weighted by atomic mass is 16.5. The van der Waals surface area contributed by atoms with E-state index in [1.54, 1.807) is 12.1 Å². The molecule has 2 amide bonds. The molecule has 1 heterocycles. The first-order valence-corrected chi connectivity index (χ1v) is 10.9. The van der Waals surface area contributed by atoms with E-state index < -0.39 is 18.5 Å². The van der Waals surface area contributed by atoms with Gasteiger partial charge >= 0.3 is 5.97 Å². The van der Waals surface area contributed by atoms with Crippen molar-refractivity contribution in [1.82, 2.24) is 14.7 Å². The average molecular weight is 443 g/mol. The van der Waals surface area contributed by atoms with Gasteiger partial charge in [-0.15, -0.1) is 0 Å². The van der Waals surface area contributed by atoms with Crippen molar-refractivity contribution in [2.75, 3.05) is 25.5 Å². The smallest absolute Gasteiger partial charge is 0.306 e. The monoisotopic (exact) mass is 442 g/mol. The Morgan fingerprint density at radius 1 is 1.12 bits per heavy atom. The van der Waals surface area contributed by atoms with Gasteiger partial charge in [-0.2, -0.15) is 5.10 Å². The number of rotatable bonds is 10. The van der Waals surface area contributed by atoms with Gasteiger partial charge in [0.1, 0.15) is 0 Å². The lowest BCUT2D eigenvalue weighted by Crippen LogP contribution is -2.37. The van der Waals surface area contributed by atoms with Crippen LogP contribution >= 0.6 is 0 Å². The molecule has 0 spiro atoms. The zero-order valence-corrected chi connectivity index (χ0v) is 19.9. The van der Waals surface area contributed by atoms with Gasteiger partial charge < -0.3 is 15.0 Å². The van der Waals surface area contributed by atoms with E-state index in [4.69, 9.17) is 4.74 Å². The predicted octanol–water partition coefficient (Wildman–Crippen LogP) is 3.04. The number of carbonyl (C=O) groups is 3. The fourth-order valence-electron chi connectivity index (χ4n) is 3.31. The topological polar surface area (TPSA) is 93.5 Å². The molecule has 8 nitrogen and oxygen atoms in total. The lowest BCUT2D eigenvalue weighted by molar-refractivity contribution is -0.151. The van der Waals surface area contributed by atoms with Crippen LogP contribution in [0.2, 0.25) is 0 Å². The lowest BCUT2D eigenvalue weighted by atomic mass is 10.1. The van der Waals surface area contributed by atoms with Crippen LogP contribution in [0, 0.1) is 26.7 Å². The van der Waals surface area contributed by atoms with E-state index in [-0.39, 0.29) is 18.9 Å². The number of anilines is 1. The van der Waals surface area contributed by atoms with Crippen molar-refractivity contribution in [3.05, 3.63) is 46.8 Å². The molecule has 0 saturated heterocycles. The number of carbonyl (C=O) groups excluding carboxylic acids is 3. The molecule has 2 rings (SSSR count). The third-order valence-corrected chi connectivity index (χ3v) is 5.15. The normalized spacial score (nSPS) is 10.8. The van der Waals surface area contributed by atoms with Crippen molar-refractivity contribution >= 4 is 23.5 Å². The third kappa shape index (κ3) is 7.51. The number of esters is 1. The minimum atomic E-state index is -0.453. The predicted molar refractivity (Wildman–Crippen MR) is 123 cm³/mol. The second-order valence-electron chi connectivity index (χ2n) is 8.55.